The number of hydrogen-bond acceptors (Lipinski definition) is 4. The van der Waals surface area contributed by atoms with E-state index in [1.165, 1.54) is 24.0 Å². The Bertz CT molecular complexity index is 669. The fourth-order valence-electron chi connectivity index (χ4n) is 3.56. The molecule has 1 atom stereocenters. The van der Waals surface area contributed by atoms with Crippen LogP contribution >= 0.6 is 0 Å². The van der Waals surface area contributed by atoms with Crippen molar-refractivity contribution in [3.8, 4) is 0 Å². The van der Waals surface area contributed by atoms with Crippen LogP contribution in [0, 0.1) is 0 Å². The Hall–Kier alpha value is -2.14. The van der Waals surface area contributed by atoms with Crippen LogP contribution in [0.4, 0.5) is 0 Å². The first-order valence-electron chi connectivity index (χ1n) is 9.20. The third-order valence-corrected chi connectivity index (χ3v) is 4.84. The van der Waals surface area contributed by atoms with Gasteiger partial charge in [-0.3, -0.25) is 14.4 Å². The maximum absolute atomic E-state index is 11.9. The van der Waals surface area contributed by atoms with Gasteiger partial charge in [0.15, 0.2) is 0 Å². The van der Waals surface area contributed by atoms with E-state index in [1.54, 1.807) is 0 Å². The van der Waals surface area contributed by atoms with Crippen molar-refractivity contribution < 1.29 is 9.53 Å². The number of carbonyl (C=O) groups is 1. The Morgan fingerprint density at radius 1 is 1.20 bits per heavy atom. The smallest absolute Gasteiger partial charge is 0.307 e. The summed E-state index contributed by atoms with van der Waals surface area (Å²) in [5.74, 6) is -0.0794. The maximum Gasteiger partial charge on any atom is 0.307 e. The summed E-state index contributed by atoms with van der Waals surface area (Å²) in [6.45, 7) is 5.02. The summed E-state index contributed by atoms with van der Waals surface area (Å²) in [6, 6.07) is 10.8. The summed E-state index contributed by atoms with van der Waals surface area (Å²) in [5, 5.41) is 4.32. The van der Waals surface area contributed by atoms with Crippen LogP contribution < -0.4 is 0 Å². The summed E-state index contributed by atoms with van der Waals surface area (Å²) in [6.07, 6.45) is 7.75. The van der Waals surface area contributed by atoms with Crippen molar-refractivity contribution in [2.45, 2.75) is 51.7 Å². The molecule has 0 aliphatic carbocycles. The molecule has 0 amide bonds. The van der Waals surface area contributed by atoms with E-state index in [0.717, 1.165) is 26.1 Å². The van der Waals surface area contributed by atoms with Gasteiger partial charge in [0.2, 0.25) is 0 Å². The standard InChI is InChI=1S/C20H27N3O2/c1-2-25-20(24)14-19-10-5-6-12-22(19)15-17-8-3-4-9-18(17)16-23-13-7-11-21-23/h3-4,7-9,11,13,19H,2,5-6,10,12,14-16H2,1H3/t19-/m0/s1. The van der Waals surface area contributed by atoms with E-state index in [1.807, 2.05) is 30.1 Å². The molecule has 0 N–H and O–H groups in total. The minimum absolute atomic E-state index is 0.0794. The number of hydrogen-bond donors (Lipinski definition) is 0. The van der Waals surface area contributed by atoms with Gasteiger partial charge < -0.3 is 4.74 Å². The Kier molecular flexibility index (Phi) is 6.23. The first kappa shape index (κ1) is 17.7. The van der Waals surface area contributed by atoms with Crippen LogP contribution in [0.2, 0.25) is 0 Å². The number of aromatic nitrogens is 2. The molecule has 2 aromatic rings. The van der Waals surface area contributed by atoms with Crippen LogP contribution in [-0.2, 0) is 22.6 Å². The number of ether oxygens (including phenoxy) is 1. The first-order valence-corrected chi connectivity index (χ1v) is 9.20. The fourth-order valence-corrected chi connectivity index (χ4v) is 3.56. The van der Waals surface area contributed by atoms with E-state index in [4.69, 9.17) is 4.74 Å². The molecule has 3 rings (SSSR count). The van der Waals surface area contributed by atoms with Crippen LogP contribution in [-0.4, -0.2) is 39.8 Å². The van der Waals surface area contributed by atoms with Gasteiger partial charge in [-0.1, -0.05) is 30.7 Å². The highest BCUT2D eigenvalue weighted by Crippen LogP contribution is 2.24. The van der Waals surface area contributed by atoms with Gasteiger partial charge in [0.25, 0.3) is 0 Å². The number of esters is 1. The molecule has 1 saturated heterocycles. The van der Waals surface area contributed by atoms with E-state index >= 15 is 0 Å². The average Bonchev–Trinajstić information content (AvgIpc) is 3.12. The van der Waals surface area contributed by atoms with Crippen molar-refractivity contribution in [2.24, 2.45) is 0 Å². The van der Waals surface area contributed by atoms with Crippen molar-refractivity contribution in [2.75, 3.05) is 13.2 Å². The molecular formula is C20H27N3O2. The average molecular weight is 341 g/mol. The molecule has 134 valence electrons. The molecule has 1 aromatic heterocycles. The zero-order valence-corrected chi connectivity index (χ0v) is 14.9. The molecule has 1 aliphatic heterocycles. The quantitative estimate of drug-likeness (QED) is 0.726. The van der Waals surface area contributed by atoms with Gasteiger partial charge >= 0.3 is 5.97 Å². The third kappa shape index (κ3) is 4.92. The second kappa shape index (κ2) is 8.81. The second-order valence-electron chi connectivity index (χ2n) is 6.60. The number of piperidine rings is 1. The van der Waals surface area contributed by atoms with Crippen LogP contribution in [0.15, 0.2) is 42.7 Å². The van der Waals surface area contributed by atoms with Crippen LogP contribution in [0.1, 0.15) is 43.7 Å². The number of carbonyl (C=O) groups excluding carboxylic acids is 1. The van der Waals surface area contributed by atoms with E-state index in [-0.39, 0.29) is 12.0 Å². The van der Waals surface area contributed by atoms with E-state index in [9.17, 15) is 4.79 Å². The largest absolute Gasteiger partial charge is 0.466 e. The van der Waals surface area contributed by atoms with E-state index < -0.39 is 0 Å². The Morgan fingerprint density at radius 2 is 2.00 bits per heavy atom. The topological polar surface area (TPSA) is 47.4 Å². The third-order valence-electron chi connectivity index (χ3n) is 4.84. The Labute approximate surface area is 149 Å². The highest BCUT2D eigenvalue weighted by molar-refractivity contribution is 5.70. The summed E-state index contributed by atoms with van der Waals surface area (Å²) in [7, 11) is 0. The predicted molar refractivity (Wildman–Crippen MR) is 97.1 cm³/mol. The SMILES string of the molecule is CCOC(=O)C[C@@H]1CCCCN1Cc1ccccc1Cn1cccn1. The summed E-state index contributed by atoms with van der Waals surface area (Å²) in [4.78, 5) is 14.4. The summed E-state index contributed by atoms with van der Waals surface area (Å²) in [5.41, 5.74) is 2.60. The van der Waals surface area contributed by atoms with Gasteiger partial charge in [-0.2, -0.15) is 5.10 Å². The van der Waals surface area contributed by atoms with Crippen LogP contribution in [0.5, 0.6) is 0 Å². The lowest BCUT2D eigenvalue weighted by molar-refractivity contribution is -0.145. The molecule has 1 aromatic carbocycles. The summed E-state index contributed by atoms with van der Waals surface area (Å²) >= 11 is 0. The molecule has 0 bridgehead atoms. The molecule has 0 radical (unpaired) electrons. The molecule has 5 nitrogen and oxygen atoms in total. The molecule has 0 saturated carbocycles. The number of benzene rings is 1. The minimum Gasteiger partial charge on any atom is -0.466 e. The lowest BCUT2D eigenvalue weighted by atomic mass is 9.97. The number of likely N-dealkylation sites (tertiary alicyclic amines) is 1. The predicted octanol–water partition coefficient (Wildman–Crippen LogP) is 3.24. The molecular weight excluding hydrogens is 314 g/mol. The van der Waals surface area contributed by atoms with Gasteiger partial charge in [0, 0.05) is 25.0 Å². The van der Waals surface area contributed by atoms with Gasteiger partial charge in [-0.05, 0) is 43.5 Å². The second-order valence-corrected chi connectivity index (χ2v) is 6.60. The molecule has 0 unspecified atom stereocenters. The van der Waals surface area contributed by atoms with E-state index in [2.05, 4.69) is 34.3 Å². The maximum atomic E-state index is 11.9. The highest BCUT2D eigenvalue weighted by Gasteiger charge is 2.25. The van der Waals surface area contributed by atoms with Crippen LogP contribution in [0.3, 0.4) is 0 Å². The zero-order valence-electron chi connectivity index (χ0n) is 14.9. The van der Waals surface area contributed by atoms with Crippen LogP contribution in [0.25, 0.3) is 0 Å². The highest BCUT2D eigenvalue weighted by atomic mass is 16.5. The molecule has 5 heteroatoms. The number of nitrogens with zero attached hydrogens (tertiary/aromatic N) is 3. The molecule has 0 spiro atoms. The lowest BCUT2D eigenvalue weighted by Crippen LogP contribution is -2.40. The van der Waals surface area contributed by atoms with Gasteiger partial charge in [-0.15, -0.1) is 0 Å². The molecule has 2 heterocycles. The number of rotatable bonds is 7. The van der Waals surface area contributed by atoms with Gasteiger partial charge in [-0.25, -0.2) is 0 Å². The normalized spacial score (nSPS) is 18.2. The molecule has 25 heavy (non-hydrogen) atoms. The zero-order chi connectivity index (χ0) is 17.5. The Balaban J connectivity index is 1.70. The van der Waals surface area contributed by atoms with Crippen molar-refractivity contribution >= 4 is 5.97 Å². The van der Waals surface area contributed by atoms with Gasteiger partial charge in [0.1, 0.15) is 0 Å². The molecule has 1 fully saturated rings. The lowest BCUT2D eigenvalue weighted by Gasteiger charge is -2.35. The molecule has 1 aliphatic rings. The van der Waals surface area contributed by atoms with Crippen molar-refractivity contribution in [1.29, 1.82) is 0 Å². The van der Waals surface area contributed by atoms with Crippen molar-refractivity contribution in [1.82, 2.24) is 14.7 Å². The minimum atomic E-state index is -0.0794. The monoisotopic (exact) mass is 341 g/mol. The van der Waals surface area contributed by atoms with Crippen molar-refractivity contribution in [3.63, 3.8) is 0 Å². The van der Waals surface area contributed by atoms with E-state index in [0.29, 0.717) is 13.0 Å². The van der Waals surface area contributed by atoms with Gasteiger partial charge in [0.05, 0.1) is 19.6 Å². The Morgan fingerprint density at radius 3 is 2.72 bits per heavy atom. The van der Waals surface area contributed by atoms with Crippen molar-refractivity contribution in [3.05, 3.63) is 53.9 Å². The summed E-state index contributed by atoms with van der Waals surface area (Å²) < 4.78 is 7.11. The fraction of sp³-hybridized carbons (Fsp3) is 0.500. The first-order chi connectivity index (χ1) is 12.3.